The van der Waals surface area contributed by atoms with Crippen molar-refractivity contribution >= 4 is 23.2 Å². The zero-order valence-electron chi connectivity index (χ0n) is 8.26. The molecular weight excluding hydrogens is 231 g/mol. The van der Waals surface area contributed by atoms with Crippen LogP contribution in [0.4, 0.5) is 10.1 Å². The molecule has 1 aromatic rings. The van der Waals surface area contributed by atoms with Crippen LogP contribution in [0.5, 0.6) is 0 Å². The van der Waals surface area contributed by atoms with E-state index in [1.54, 1.807) is 0 Å². The van der Waals surface area contributed by atoms with Crippen LogP contribution in [0.25, 0.3) is 0 Å². The number of anilines is 1. The molecule has 2 rings (SSSR count). The number of benzene rings is 1. The van der Waals surface area contributed by atoms with Crippen LogP contribution < -0.4 is 5.32 Å². The summed E-state index contributed by atoms with van der Waals surface area (Å²) in [4.78, 5) is 11.6. The summed E-state index contributed by atoms with van der Waals surface area (Å²) >= 11 is 5.68. The average Bonchev–Trinajstić information content (AvgIpc) is 3.04. The number of nitrogens with zero attached hydrogens (tertiary/aromatic N) is 1. The number of hydrogen-bond donors (Lipinski definition) is 1. The molecule has 0 bridgehead atoms. The van der Waals surface area contributed by atoms with E-state index in [-0.39, 0.29) is 5.69 Å². The first-order chi connectivity index (χ1) is 7.57. The highest BCUT2D eigenvalue weighted by molar-refractivity contribution is 6.30. The van der Waals surface area contributed by atoms with Gasteiger partial charge in [-0.15, -0.1) is 0 Å². The second-order valence-corrected chi connectivity index (χ2v) is 4.21. The Hall–Kier alpha value is -1.60. The Morgan fingerprint density at radius 1 is 1.56 bits per heavy atom. The Morgan fingerprint density at radius 2 is 2.25 bits per heavy atom. The van der Waals surface area contributed by atoms with Crippen molar-refractivity contribution < 1.29 is 9.18 Å². The summed E-state index contributed by atoms with van der Waals surface area (Å²) in [5.74, 6) is -1.03. The third-order valence-electron chi connectivity index (χ3n) is 2.58. The highest BCUT2D eigenvalue weighted by Gasteiger charge is 2.50. The van der Waals surface area contributed by atoms with Crippen LogP contribution >= 0.6 is 11.6 Å². The Bertz CT molecular complexity index is 491. The van der Waals surface area contributed by atoms with Gasteiger partial charge in [-0.3, -0.25) is 4.79 Å². The predicted molar refractivity (Wildman–Crippen MR) is 57.3 cm³/mol. The molecule has 0 aromatic heterocycles. The molecule has 82 valence electrons. The first kappa shape index (κ1) is 10.9. The molecule has 0 heterocycles. The van der Waals surface area contributed by atoms with E-state index in [1.165, 1.54) is 18.2 Å². The van der Waals surface area contributed by atoms with Gasteiger partial charge >= 0.3 is 0 Å². The van der Waals surface area contributed by atoms with Gasteiger partial charge in [-0.05, 0) is 31.0 Å². The van der Waals surface area contributed by atoms with Crippen molar-refractivity contribution in [1.82, 2.24) is 0 Å². The molecule has 1 saturated carbocycles. The Kier molecular flexibility index (Phi) is 2.56. The molecule has 1 aromatic carbocycles. The second-order valence-electron chi connectivity index (χ2n) is 3.77. The van der Waals surface area contributed by atoms with Crippen LogP contribution in [0.1, 0.15) is 12.8 Å². The van der Waals surface area contributed by atoms with Crippen molar-refractivity contribution in [2.24, 2.45) is 5.41 Å². The molecule has 0 saturated heterocycles. The fourth-order valence-corrected chi connectivity index (χ4v) is 1.52. The van der Waals surface area contributed by atoms with Crippen molar-refractivity contribution in [2.75, 3.05) is 5.32 Å². The molecule has 1 N–H and O–H groups in total. The van der Waals surface area contributed by atoms with Gasteiger partial charge in [0.2, 0.25) is 5.91 Å². The lowest BCUT2D eigenvalue weighted by Crippen LogP contribution is -2.23. The molecule has 1 aliphatic rings. The van der Waals surface area contributed by atoms with Gasteiger partial charge in [0.15, 0.2) is 0 Å². The van der Waals surface area contributed by atoms with Crippen LogP contribution in [0.3, 0.4) is 0 Å². The van der Waals surface area contributed by atoms with Gasteiger partial charge in [0.05, 0.1) is 11.8 Å². The van der Waals surface area contributed by atoms with Gasteiger partial charge in [0.25, 0.3) is 0 Å². The van der Waals surface area contributed by atoms with Crippen LogP contribution in [0, 0.1) is 22.6 Å². The summed E-state index contributed by atoms with van der Waals surface area (Å²) in [6.45, 7) is 0. The number of hydrogen-bond acceptors (Lipinski definition) is 2. The summed E-state index contributed by atoms with van der Waals surface area (Å²) in [6.07, 6.45) is 1.05. The number of nitriles is 1. The Morgan fingerprint density at radius 3 is 2.81 bits per heavy atom. The third-order valence-corrected chi connectivity index (χ3v) is 2.81. The molecule has 1 aliphatic carbocycles. The molecule has 1 fully saturated rings. The van der Waals surface area contributed by atoms with Crippen LogP contribution in [-0.4, -0.2) is 5.91 Å². The highest BCUT2D eigenvalue weighted by atomic mass is 35.5. The van der Waals surface area contributed by atoms with E-state index in [0.717, 1.165) is 0 Å². The third kappa shape index (κ3) is 1.86. The minimum atomic E-state index is -0.964. The number of carbonyl (C=O) groups is 1. The predicted octanol–water partition coefficient (Wildman–Crippen LogP) is 2.72. The fourth-order valence-electron chi connectivity index (χ4n) is 1.35. The first-order valence-electron chi connectivity index (χ1n) is 4.75. The molecule has 1 amide bonds. The maximum Gasteiger partial charge on any atom is 0.244 e. The van der Waals surface area contributed by atoms with Gasteiger partial charge in [-0.25, -0.2) is 4.39 Å². The van der Waals surface area contributed by atoms with Crippen molar-refractivity contribution in [3.8, 4) is 6.07 Å². The maximum absolute atomic E-state index is 13.3. The van der Waals surface area contributed by atoms with Crippen molar-refractivity contribution in [2.45, 2.75) is 12.8 Å². The Labute approximate surface area is 96.8 Å². The Balaban J connectivity index is 2.19. The van der Waals surface area contributed by atoms with E-state index in [9.17, 15) is 9.18 Å². The zero-order valence-corrected chi connectivity index (χ0v) is 9.01. The summed E-state index contributed by atoms with van der Waals surface area (Å²) in [6, 6.07) is 5.82. The lowest BCUT2D eigenvalue weighted by Gasteiger charge is -2.09. The summed E-state index contributed by atoms with van der Waals surface area (Å²) in [5.41, 5.74) is -0.951. The second kappa shape index (κ2) is 3.76. The van der Waals surface area contributed by atoms with Gasteiger partial charge in [-0.2, -0.15) is 5.26 Å². The number of carbonyl (C=O) groups excluding carboxylic acids is 1. The lowest BCUT2D eigenvalue weighted by molar-refractivity contribution is -0.119. The molecule has 0 spiro atoms. The van der Waals surface area contributed by atoms with Crippen molar-refractivity contribution in [1.29, 1.82) is 5.26 Å². The molecule has 5 heteroatoms. The van der Waals surface area contributed by atoms with Gasteiger partial charge in [-0.1, -0.05) is 11.6 Å². The monoisotopic (exact) mass is 238 g/mol. The highest BCUT2D eigenvalue weighted by Crippen LogP contribution is 2.45. The van der Waals surface area contributed by atoms with E-state index >= 15 is 0 Å². The largest absolute Gasteiger partial charge is 0.322 e. The topological polar surface area (TPSA) is 52.9 Å². The van der Waals surface area contributed by atoms with Crippen LogP contribution in [0.2, 0.25) is 5.02 Å². The minimum Gasteiger partial charge on any atom is -0.322 e. The van der Waals surface area contributed by atoms with E-state index in [2.05, 4.69) is 5.32 Å². The lowest BCUT2D eigenvalue weighted by atomic mass is 10.1. The molecular formula is C11H8ClFN2O. The molecule has 0 unspecified atom stereocenters. The molecule has 16 heavy (non-hydrogen) atoms. The van der Waals surface area contributed by atoms with Crippen molar-refractivity contribution in [3.05, 3.63) is 29.0 Å². The van der Waals surface area contributed by atoms with Crippen molar-refractivity contribution in [3.63, 3.8) is 0 Å². The van der Waals surface area contributed by atoms with E-state index in [0.29, 0.717) is 17.9 Å². The quantitative estimate of drug-likeness (QED) is 0.861. The normalized spacial score (nSPS) is 16.3. The SMILES string of the molecule is N#CC1(C(=O)Nc2cc(Cl)ccc2F)CC1. The minimum absolute atomic E-state index is 0.0130. The number of rotatable bonds is 2. The fraction of sp³-hybridized carbons (Fsp3) is 0.273. The van der Waals surface area contributed by atoms with Gasteiger partial charge < -0.3 is 5.32 Å². The molecule has 3 nitrogen and oxygen atoms in total. The molecule has 0 aliphatic heterocycles. The molecule has 0 atom stereocenters. The van der Waals surface area contributed by atoms with Crippen LogP contribution in [-0.2, 0) is 4.79 Å². The maximum atomic E-state index is 13.3. The van der Waals surface area contributed by atoms with Gasteiger partial charge in [0.1, 0.15) is 11.2 Å². The van der Waals surface area contributed by atoms with E-state index < -0.39 is 17.1 Å². The summed E-state index contributed by atoms with van der Waals surface area (Å²) in [5, 5.41) is 11.5. The average molecular weight is 239 g/mol. The van der Waals surface area contributed by atoms with Crippen LogP contribution in [0.15, 0.2) is 18.2 Å². The number of nitrogens with one attached hydrogen (secondary N) is 1. The number of halogens is 2. The smallest absolute Gasteiger partial charge is 0.244 e. The molecule has 0 radical (unpaired) electrons. The summed E-state index contributed by atoms with van der Waals surface area (Å²) < 4.78 is 13.3. The number of amides is 1. The van der Waals surface area contributed by atoms with Gasteiger partial charge in [0, 0.05) is 5.02 Å². The standard InChI is InChI=1S/C11H8ClFN2O/c12-7-1-2-8(13)9(5-7)15-10(16)11(6-14)3-4-11/h1-2,5H,3-4H2,(H,15,16). The summed E-state index contributed by atoms with van der Waals surface area (Å²) in [7, 11) is 0. The zero-order chi connectivity index (χ0) is 11.8. The first-order valence-corrected chi connectivity index (χ1v) is 5.13. The van der Waals surface area contributed by atoms with E-state index in [1.807, 2.05) is 6.07 Å². The van der Waals surface area contributed by atoms with E-state index in [4.69, 9.17) is 16.9 Å².